The van der Waals surface area contributed by atoms with Crippen LogP contribution in [0.3, 0.4) is 0 Å². The topological polar surface area (TPSA) is 108 Å². The van der Waals surface area contributed by atoms with E-state index in [0.29, 0.717) is 48.9 Å². The Bertz CT molecular complexity index is 1780. The van der Waals surface area contributed by atoms with Gasteiger partial charge in [-0.1, -0.05) is 30.3 Å². The maximum Gasteiger partial charge on any atom is 0.410 e. The molecule has 2 aromatic carbocycles. The van der Waals surface area contributed by atoms with Gasteiger partial charge in [0.1, 0.15) is 17.9 Å². The molecule has 2 saturated heterocycles. The Kier molecular flexibility index (Phi) is 9.86. The van der Waals surface area contributed by atoms with E-state index in [4.69, 9.17) is 14.2 Å². The average Bonchev–Trinajstić information content (AvgIpc) is 3.33. The first-order valence-corrected chi connectivity index (χ1v) is 18.4. The van der Waals surface area contributed by atoms with Crippen LogP contribution in [0.2, 0.25) is 0 Å². The number of pyridine rings is 1. The van der Waals surface area contributed by atoms with E-state index in [1.54, 1.807) is 21.9 Å². The first kappa shape index (κ1) is 35.1. The van der Waals surface area contributed by atoms with Crippen molar-refractivity contribution < 1.29 is 23.8 Å². The van der Waals surface area contributed by atoms with Crippen LogP contribution in [0.5, 0.6) is 5.88 Å². The van der Waals surface area contributed by atoms with Gasteiger partial charge in [0, 0.05) is 62.1 Å². The number of piperidine rings is 1. The highest BCUT2D eigenvalue weighted by Gasteiger charge is 2.40. The van der Waals surface area contributed by atoms with Gasteiger partial charge >= 0.3 is 6.09 Å². The van der Waals surface area contributed by atoms with Crippen LogP contribution < -0.4 is 20.1 Å². The lowest BCUT2D eigenvalue weighted by Crippen LogP contribution is -2.59. The SMILES string of the molecule is CC1c2cc(N3CCN([C@H]4C[C@H](OC5CCN(C(=O)OC(C)(C)C)CC5)C4)C[C@H]3C)ccc2C(=O)N1c1ccc(OCc2ccccc2)[nH]c1=O. The van der Waals surface area contributed by atoms with Gasteiger partial charge in [0.15, 0.2) is 5.88 Å². The molecule has 1 N–H and O–H groups in total. The summed E-state index contributed by atoms with van der Waals surface area (Å²) in [6.07, 6.45) is 4.06. The van der Waals surface area contributed by atoms with Crippen molar-refractivity contribution in [2.24, 2.45) is 0 Å². The number of nitrogens with one attached hydrogen (secondary N) is 1. The molecule has 3 aromatic rings. The number of rotatable bonds is 8. The highest BCUT2D eigenvalue weighted by Crippen LogP contribution is 2.39. The van der Waals surface area contributed by atoms with Crippen LogP contribution in [0.4, 0.5) is 16.2 Å². The van der Waals surface area contributed by atoms with E-state index in [0.717, 1.165) is 62.1 Å². The number of aromatic amines is 1. The van der Waals surface area contributed by atoms with E-state index < -0.39 is 5.60 Å². The number of H-pyrrole nitrogens is 1. The van der Waals surface area contributed by atoms with E-state index in [2.05, 4.69) is 27.8 Å². The molecule has 272 valence electrons. The maximum absolute atomic E-state index is 13.6. The Labute approximate surface area is 300 Å². The van der Waals surface area contributed by atoms with Crippen LogP contribution >= 0.6 is 0 Å². The van der Waals surface area contributed by atoms with Crippen LogP contribution in [0.25, 0.3) is 0 Å². The highest BCUT2D eigenvalue weighted by atomic mass is 16.6. The first-order chi connectivity index (χ1) is 24.4. The molecular weight excluding hydrogens is 646 g/mol. The predicted molar refractivity (Wildman–Crippen MR) is 197 cm³/mol. The number of hydrogen-bond donors (Lipinski definition) is 1. The zero-order chi connectivity index (χ0) is 35.9. The number of anilines is 2. The fourth-order valence-electron chi connectivity index (χ4n) is 7.91. The number of hydrogen-bond acceptors (Lipinski definition) is 8. The average molecular weight is 698 g/mol. The van der Waals surface area contributed by atoms with Crippen molar-refractivity contribution in [2.45, 2.75) is 103 Å². The number of aromatic nitrogens is 1. The minimum Gasteiger partial charge on any atom is -0.474 e. The Hall–Kier alpha value is -4.35. The summed E-state index contributed by atoms with van der Waals surface area (Å²) in [6.45, 7) is 14.5. The second-order valence-electron chi connectivity index (χ2n) is 15.5. The summed E-state index contributed by atoms with van der Waals surface area (Å²) >= 11 is 0. The molecule has 2 amide bonds. The fourth-order valence-corrected chi connectivity index (χ4v) is 7.91. The molecule has 1 aliphatic carbocycles. The molecule has 4 aliphatic rings. The summed E-state index contributed by atoms with van der Waals surface area (Å²) in [4.78, 5) is 50.4. The predicted octanol–water partition coefficient (Wildman–Crippen LogP) is 6.13. The molecule has 7 rings (SSSR count). The molecule has 1 unspecified atom stereocenters. The second kappa shape index (κ2) is 14.3. The Morgan fingerprint density at radius 2 is 1.65 bits per heavy atom. The third-order valence-corrected chi connectivity index (χ3v) is 10.7. The zero-order valence-electron chi connectivity index (χ0n) is 30.5. The van der Waals surface area contributed by atoms with E-state index >= 15 is 0 Å². The lowest BCUT2D eigenvalue weighted by Gasteiger charge is -2.49. The van der Waals surface area contributed by atoms with Gasteiger partial charge in [-0.25, -0.2) is 4.79 Å². The zero-order valence-corrected chi connectivity index (χ0v) is 30.5. The van der Waals surface area contributed by atoms with Crippen molar-refractivity contribution in [3.05, 3.63) is 87.7 Å². The molecule has 1 saturated carbocycles. The number of amides is 2. The van der Waals surface area contributed by atoms with Gasteiger partial charge in [-0.15, -0.1) is 0 Å². The molecule has 3 fully saturated rings. The summed E-state index contributed by atoms with van der Waals surface area (Å²) in [5, 5.41) is 0. The summed E-state index contributed by atoms with van der Waals surface area (Å²) < 4.78 is 17.8. The molecule has 0 spiro atoms. The van der Waals surface area contributed by atoms with Crippen LogP contribution in [-0.4, -0.2) is 89.4 Å². The molecule has 2 atom stereocenters. The summed E-state index contributed by atoms with van der Waals surface area (Å²) in [5.41, 5.74) is 3.16. The molecule has 1 aromatic heterocycles. The van der Waals surface area contributed by atoms with Crippen molar-refractivity contribution in [1.82, 2.24) is 14.8 Å². The smallest absolute Gasteiger partial charge is 0.410 e. The van der Waals surface area contributed by atoms with Gasteiger partial charge in [-0.3, -0.25) is 24.4 Å². The monoisotopic (exact) mass is 697 g/mol. The van der Waals surface area contributed by atoms with Gasteiger partial charge in [0.05, 0.1) is 18.2 Å². The Balaban J connectivity index is 0.902. The maximum atomic E-state index is 13.6. The van der Waals surface area contributed by atoms with E-state index in [1.165, 1.54) is 0 Å². The van der Waals surface area contributed by atoms with Crippen molar-refractivity contribution in [1.29, 1.82) is 0 Å². The molecule has 0 bridgehead atoms. The summed E-state index contributed by atoms with van der Waals surface area (Å²) in [7, 11) is 0. The third kappa shape index (κ3) is 7.65. The quantitative estimate of drug-likeness (QED) is 0.300. The van der Waals surface area contributed by atoms with Crippen molar-refractivity contribution >= 4 is 23.4 Å². The van der Waals surface area contributed by atoms with Gasteiger partial charge in [-0.05, 0) is 95.7 Å². The molecule has 3 aliphatic heterocycles. The normalized spacial score (nSPS) is 24.3. The minimum atomic E-state index is -0.479. The third-order valence-electron chi connectivity index (χ3n) is 10.7. The second-order valence-corrected chi connectivity index (χ2v) is 15.5. The number of carbonyl (C=O) groups excluding carboxylic acids is 2. The van der Waals surface area contributed by atoms with E-state index in [-0.39, 0.29) is 35.8 Å². The number of benzene rings is 2. The Morgan fingerprint density at radius 3 is 2.33 bits per heavy atom. The lowest BCUT2D eigenvalue weighted by atomic mass is 9.86. The van der Waals surface area contributed by atoms with Crippen LogP contribution in [0.1, 0.15) is 87.8 Å². The molecule has 11 heteroatoms. The van der Waals surface area contributed by atoms with Crippen molar-refractivity contribution in [3.63, 3.8) is 0 Å². The number of likely N-dealkylation sites (tertiary alicyclic amines) is 1. The van der Waals surface area contributed by atoms with E-state index in [9.17, 15) is 14.4 Å². The lowest BCUT2D eigenvalue weighted by molar-refractivity contribution is -0.104. The molecule has 4 heterocycles. The van der Waals surface area contributed by atoms with Crippen molar-refractivity contribution in [2.75, 3.05) is 42.5 Å². The Morgan fingerprint density at radius 1 is 0.902 bits per heavy atom. The van der Waals surface area contributed by atoms with Crippen LogP contribution in [-0.2, 0) is 16.1 Å². The van der Waals surface area contributed by atoms with Gasteiger partial charge in [0.25, 0.3) is 11.5 Å². The molecule has 0 radical (unpaired) electrons. The summed E-state index contributed by atoms with van der Waals surface area (Å²) in [6, 6.07) is 19.8. The number of piperazine rings is 1. The van der Waals surface area contributed by atoms with Crippen molar-refractivity contribution in [3.8, 4) is 5.88 Å². The summed E-state index contributed by atoms with van der Waals surface area (Å²) in [5.74, 6) is 0.197. The standard InChI is InChI=1S/C40H51N5O6/c1-26-24-43(30-21-32(22-30)50-31-15-17-42(18-16-31)39(48)51-40(3,4)5)19-20-44(26)29-11-12-33-34(23-29)27(2)45(38(33)47)35-13-14-36(41-37(35)46)49-25-28-9-7-6-8-10-28/h6-14,23,26-27,30-32H,15-22,24-25H2,1-5H3,(H,41,46)/t26-,27?,30-,32-/m1/s1. The fraction of sp³-hybridized carbons (Fsp3) is 0.525. The van der Waals surface area contributed by atoms with Crippen LogP contribution in [0, 0.1) is 0 Å². The largest absolute Gasteiger partial charge is 0.474 e. The number of ether oxygens (including phenoxy) is 3. The van der Waals surface area contributed by atoms with E-state index in [1.807, 2.05) is 70.2 Å². The molecule has 11 nitrogen and oxygen atoms in total. The number of carbonyl (C=O) groups is 2. The van der Waals surface area contributed by atoms with Crippen LogP contribution in [0.15, 0.2) is 65.5 Å². The number of fused-ring (bicyclic) bond motifs is 1. The number of nitrogens with zero attached hydrogens (tertiary/aromatic N) is 4. The first-order valence-electron chi connectivity index (χ1n) is 18.4. The van der Waals surface area contributed by atoms with Gasteiger partial charge in [-0.2, -0.15) is 0 Å². The molecule has 51 heavy (non-hydrogen) atoms. The molecular formula is C40H51N5O6. The highest BCUT2D eigenvalue weighted by molar-refractivity contribution is 6.11. The minimum absolute atomic E-state index is 0.166. The van der Waals surface area contributed by atoms with Gasteiger partial charge < -0.3 is 24.0 Å². The van der Waals surface area contributed by atoms with Gasteiger partial charge in [0.2, 0.25) is 0 Å².